The summed E-state index contributed by atoms with van der Waals surface area (Å²) in [5.74, 6) is 0.430. The quantitative estimate of drug-likeness (QED) is 0.752. The highest BCUT2D eigenvalue weighted by molar-refractivity contribution is 5.85. The maximum absolute atomic E-state index is 9.71. The maximum atomic E-state index is 9.71. The molecule has 1 heterocycles. The van der Waals surface area contributed by atoms with E-state index >= 15 is 0 Å². The number of benzene rings is 1. The van der Waals surface area contributed by atoms with Crippen LogP contribution in [0.4, 0.5) is 0 Å². The van der Waals surface area contributed by atoms with Gasteiger partial charge in [-0.2, -0.15) is 0 Å². The van der Waals surface area contributed by atoms with E-state index in [-0.39, 0.29) is 12.4 Å². The minimum atomic E-state index is 0. The summed E-state index contributed by atoms with van der Waals surface area (Å²) < 4.78 is 0. The minimum Gasteiger partial charge on any atom is -0.508 e. The van der Waals surface area contributed by atoms with E-state index in [4.69, 9.17) is 0 Å². The zero-order valence-corrected chi connectivity index (χ0v) is 9.10. The fourth-order valence-corrected chi connectivity index (χ4v) is 1.90. The number of phenols is 1. The lowest BCUT2D eigenvalue weighted by Crippen LogP contribution is -2.12. The van der Waals surface area contributed by atoms with E-state index in [0.717, 1.165) is 24.1 Å². The molecule has 3 heteroatoms. The summed E-state index contributed by atoms with van der Waals surface area (Å²) in [4.78, 5) is 0. The maximum Gasteiger partial charge on any atom is 0.120 e. The lowest BCUT2D eigenvalue weighted by atomic mass is 10.0. The summed E-state index contributed by atoms with van der Waals surface area (Å²) in [5.41, 5.74) is 2.15. The van der Waals surface area contributed by atoms with E-state index in [1.807, 2.05) is 19.1 Å². The van der Waals surface area contributed by atoms with E-state index in [9.17, 15) is 5.11 Å². The van der Waals surface area contributed by atoms with Gasteiger partial charge in [0, 0.05) is 11.6 Å². The molecule has 0 unspecified atom stereocenters. The molecule has 1 saturated heterocycles. The Morgan fingerprint density at radius 1 is 1.43 bits per heavy atom. The highest BCUT2D eigenvalue weighted by Gasteiger charge is 2.18. The number of hydrogen-bond donors (Lipinski definition) is 2. The van der Waals surface area contributed by atoms with Crippen LogP contribution in [-0.4, -0.2) is 11.7 Å². The zero-order chi connectivity index (χ0) is 9.26. The molecule has 1 atom stereocenters. The van der Waals surface area contributed by atoms with E-state index in [1.165, 1.54) is 6.42 Å². The Labute approximate surface area is 90.7 Å². The van der Waals surface area contributed by atoms with Gasteiger partial charge in [0.1, 0.15) is 5.75 Å². The zero-order valence-electron chi connectivity index (χ0n) is 8.29. The van der Waals surface area contributed by atoms with E-state index in [1.54, 1.807) is 0 Å². The first kappa shape index (κ1) is 11.3. The Morgan fingerprint density at radius 3 is 2.79 bits per heavy atom. The number of phenolic OH excluding ortho intramolecular Hbond substituents is 1. The van der Waals surface area contributed by atoms with Crippen molar-refractivity contribution in [2.75, 3.05) is 6.54 Å². The third-order valence-corrected chi connectivity index (χ3v) is 2.62. The van der Waals surface area contributed by atoms with Crippen molar-refractivity contribution >= 4 is 12.4 Å². The van der Waals surface area contributed by atoms with Gasteiger partial charge in [0.15, 0.2) is 0 Å². The number of halogens is 1. The molecule has 1 aromatic carbocycles. The van der Waals surface area contributed by atoms with Gasteiger partial charge in [-0.25, -0.2) is 0 Å². The summed E-state index contributed by atoms with van der Waals surface area (Å²) >= 11 is 0. The molecular weight excluding hydrogens is 198 g/mol. The van der Waals surface area contributed by atoms with Crippen LogP contribution in [0.5, 0.6) is 5.75 Å². The molecule has 0 bridgehead atoms. The van der Waals surface area contributed by atoms with Crippen molar-refractivity contribution < 1.29 is 5.11 Å². The van der Waals surface area contributed by atoms with Crippen molar-refractivity contribution in [3.8, 4) is 5.75 Å². The molecule has 2 rings (SSSR count). The lowest BCUT2D eigenvalue weighted by Gasteiger charge is -2.12. The molecule has 1 aromatic rings. The van der Waals surface area contributed by atoms with Gasteiger partial charge in [0.2, 0.25) is 0 Å². The SMILES string of the molecule is Cc1ccc([C@@H]2CCCN2)c(O)c1.Cl. The monoisotopic (exact) mass is 213 g/mol. The second-order valence-electron chi connectivity index (χ2n) is 3.71. The molecule has 1 fully saturated rings. The Hall–Kier alpha value is -0.730. The second-order valence-corrected chi connectivity index (χ2v) is 3.71. The van der Waals surface area contributed by atoms with E-state index in [2.05, 4.69) is 11.4 Å². The van der Waals surface area contributed by atoms with Crippen molar-refractivity contribution in [1.29, 1.82) is 0 Å². The van der Waals surface area contributed by atoms with Crippen molar-refractivity contribution in [2.45, 2.75) is 25.8 Å². The largest absolute Gasteiger partial charge is 0.508 e. The molecule has 1 aliphatic heterocycles. The van der Waals surface area contributed by atoms with Crippen LogP contribution in [-0.2, 0) is 0 Å². The predicted molar refractivity (Wildman–Crippen MR) is 60.1 cm³/mol. The Bertz CT molecular complexity index is 308. The van der Waals surface area contributed by atoms with Crippen LogP contribution >= 0.6 is 12.4 Å². The molecule has 0 saturated carbocycles. The molecular formula is C11H16ClNO. The van der Waals surface area contributed by atoms with Crippen LogP contribution in [0.2, 0.25) is 0 Å². The van der Waals surface area contributed by atoms with Gasteiger partial charge in [-0.15, -0.1) is 12.4 Å². The first-order chi connectivity index (χ1) is 6.27. The van der Waals surface area contributed by atoms with Crippen LogP contribution in [0.15, 0.2) is 18.2 Å². The number of aromatic hydroxyl groups is 1. The number of aryl methyl sites for hydroxylation is 1. The molecule has 1 aliphatic rings. The van der Waals surface area contributed by atoms with Gasteiger partial charge in [-0.1, -0.05) is 12.1 Å². The molecule has 78 valence electrons. The van der Waals surface area contributed by atoms with E-state index in [0.29, 0.717) is 11.8 Å². The van der Waals surface area contributed by atoms with Gasteiger partial charge in [-0.3, -0.25) is 0 Å². The lowest BCUT2D eigenvalue weighted by molar-refractivity contribution is 0.456. The molecule has 14 heavy (non-hydrogen) atoms. The number of rotatable bonds is 1. The molecule has 0 aliphatic carbocycles. The van der Waals surface area contributed by atoms with E-state index < -0.39 is 0 Å². The van der Waals surface area contributed by atoms with Crippen LogP contribution in [0.25, 0.3) is 0 Å². The molecule has 0 aromatic heterocycles. The second kappa shape index (κ2) is 4.67. The minimum absolute atomic E-state index is 0. The van der Waals surface area contributed by atoms with Gasteiger partial charge in [0.25, 0.3) is 0 Å². The van der Waals surface area contributed by atoms with Crippen LogP contribution in [0, 0.1) is 6.92 Å². The average Bonchev–Trinajstić information content (AvgIpc) is 2.56. The molecule has 2 nitrogen and oxygen atoms in total. The predicted octanol–water partition coefficient (Wildman–Crippen LogP) is 2.55. The van der Waals surface area contributed by atoms with Gasteiger partial charge >= 0.3 is 0 Å². The first-order valence-electron chi connectivity index (χ1n) is 4.80. The van der Waals surface area contributed by atoms with Crippen molar-refractivity contribution in [2.24, 2.45) is 0 Å². The number of nitrogens with one attached hydrogen (secondary N) is 1. The smallest absolute Gasteiger partial charge is 0.120 e. The van der Waals surface area contributed by atoms with Crippen molar-refractivity contribution in [1.82, 2.24) is 5.32 Å². The summed E-state index contributed by atoms with van der Waals surface area (Å²) in [6.07, 6.45) is 2.34. The fraction of sp³-hybridized carbons (Fsp3) is 0.455. The standard InChI is InChI=1S/C11H15NO.ClH/c1-8-4-5-9(11(13)7-8)10-3-2-6-12-10;/h4-5,7,10,12-13H,2-3,6H2,1H3;1H/t10-;/m0./s1. The number of hydrogen-bond acceptors (Lipinski definition) is 2. The topological polar surface area (TPSA) is 32.3 Å². The Kier molecular flexibility index (Phi) is 3.78. The van der Waals surface area contributed by atoms with Crippen LogP contribution in [0.3, 0.4) is 0 Å². The summed E-state index contributed by atoms with van der Waals surface area (Å²) in [7, 11) is 0. The van der Waals surface area contributed by atoms with Crippen LogP contribution in [0.1, 0.15) is 30.0 Å². The molecule has 2 N–H and O–H groups in total. The summed E-state index contributed by atoms with van der Waals surface area (Å²) in [6, 6.07) is 6.26. The van der Waals surface area contributed by atoms with Gasteiger partial charge < -0.3 is 10.4 Å². The summed E-state index contributed by atoms with van der Waals surface area (Å²) in [5, 5.41) is 13.1. The highest BCUT2D eigenvalue weighted by Crippen LogP contribution is 2.30. The third kappa shape index (κ3) is 2.20. The molecule has 0 radical (unpaired) electrons. The van der Waals surface area contributed by atoms with Crippen molar-refractivity contribution in [3.05, 3.63) is 29.3 Å². The highest BCUT2D eigenvalue weighted by atomic mass is 35.5. The Morgan fingerprint density at radius 2 is 2.21 bits per heavy atom. The average molecular weight is 214 g/mol. The van der Waals surface area contributed by atoms with Crippen molar-refractivity contribution in [3.63, 3.8) is 0 Å². The summed E-state index contributed by atoms with van der Waals surface area (Å²) in [6.45, 7) is 3.06. The van der Waals surface area contributed by atoms with Gasteiger partial charge in [0.05, 0.1) is 0 Å². The fourth-order valence-electron chi connectivity index (χ4n) is 1.90. The normalized spacial score (nSPS) is 20.5. The van der Waals surface area contributed by atoms with Gasteiger partial charge in [-0.05, 0) is 37.9 Å². The first-order valence-corrected chi connectivity index (χ1v) is 4.80. The van der Waals surface area contributed by atoms with Crippen LogP contribution < -0.4 is 5.32 Å². The Balaban J connectivity index is 0.000000980. The molecule has 0 amide bonds. The third-order valence-electron chi connectivity index (χ3n) is 2.62. The molecule has 0 spiro atoms.